The smallest absolute Gasteiger partial charge is 0.255 e. The molecule has 4 rings (SSSR count). The summed E-state index contributed by atoms with van der Waals surface area (Å²) in [7, 11) is -3.71. The second kappa shape index (κ2) is 8.78. The number of amides is 1. The minimum absolute atomic E-state index is 0.106. The van der Waals surface area contributed by atoms with Crippen LogP contribution in [0.3, 0.4) is 0 Å². The molecule has 0 spiro atoms. The van der Waals surface area contributed by atoms with E-state index in [-0.39, 0.29) is 22.8 Å². The molecule has 7 heteroatoms. The normalized spacial score (nSPS) is 19.3. The molecule has 1 saturated heterocycles. The van der Waals surface area contributed by atoms with Gasteiger partial charge in [0.1, 0.15) is 0 Å². The molecule has 1 amide bonds. The average molecular weight is 438 g/mol. The third-order valence-corrected chi connectivity index (χ3v) is 7.45. The molecule has 162 valence electrons. The van der Waals surface area contributed by atoms with Gasteiger partial charge in [0.25, 0.3) is 5.91 Å². The molecule has 0 radical (unpaired) electrons. The summed E-state index contributed by atoms with van der Waals surface area (Å²) in [5.74, 6) is -0.0111. The van der Waals surface area contributed by atoms with Gasteiger partial charge in [-0.15, -0.1) is 0 Å². The van der Waals surface area contributed by atoms with E-state index in [9.17, 15) is 13.2 Å². The van der Waals surface area contributed by atoms with Crippen LogP contribution in [0.25, 0.3) is 10.8 Å². The van der Waals surface area contributed by atoms with E-state index in [1.165, 1.54) is 0 Å². The van der Waals surface area contributed by atoms with Gasteiger partial charge >= 0.3 is 0 Å². The Kier molecular flexibility index (Phi) is 6.09. The third kappa shape index (κ3) is 4.49. The molecular weight excluding hydrogens is 410 g/mol. The number of nitrogens with one attached hydrogen (secondary N) is 3. The predicted molar refractivity (Wildman–Crippen MR) is 124 cm³/mol. The Morgan fingerprint density at radius 1 is 1.00 bits per heavy atom. The summed E-state index contributed by atoms with van der Waals surface area (Å²) >= 11 is 0. The lowest BCUT2D eigenvalue weighted by molar-refractivity contribution is 0.102. The molecule has 0 aromatic heterocycles. The summed E-state index contributed by atoms with van der Waals surface area (Å²) in [5.41, 5.74) is 2.05. The maximum absolute atomic E-state index is 13.2. The Bertz CT molecular complexity index is 1220. The molecule has 1 fully saturated rings. The van der Waals surface area contributed by atoms with Crippen molar-refractivity contribution in [2.45, 2.75) is 31.2 Å². The fourth-order valence-electron chi connectivity index (χ4n) is 4.08. The zero-order valence-electron chi connectivity index (χ0n) is 17.7. The fourth-order valence-corrected chi connectivity index (χ4v) is 5.67. The van der Waals surface area contributed by atoms with Crippen molar-refractivity contribution < 1.29 is 13.2 Å². The average Bonchev–Trinajstić information content (AvgIpc) is 2.75. The van der Waals surface area contributed by atoms with Crippen molar-refractivity contribution in [3.8, 4) is 0 Å². The molecule has 0 saturated carbocycles. The molecule has 0 unspecified atom stereocenters. The van der Waals surface area contributed by atoms with Crippen molar-refractivity contribution in [3.63, 3.8) is 0 Å². The second-order valence-corrected chi connectivity index (χ2v) is 9.81. The zero-order valence-corrected chi connectivity index (χ0v) is 18.5. The van der Waals surface area contributed by atoms with Gasteiger partial charge in [-0.1, -0.05) is 49.4 Å². The van der Waals surface area contributed by atoms with Crippen LogP contribution >= 0.6 is 0 Å². The van der Waals surface area contributed by atoms with E-state index >= 15 is 0 Å². The highest BCUT2D eigenvalue weighted by atomic mass is 32.2. The Morgan fingerprint density at radius 2 is 1.71 bits per heavy atom. The summed E-state index contributed by atoms with van der Waals surface area (Å²) in [5, 5.41) is 7.50. The summed E-state index contributed by atoms with van der Waals surface area (Å²) in [6.07, 6.45) is 0.753. The third-order valence-electron chi connectivity index (χ3n) is 5.90. The number of anilines is 1. The lowest BCUT2D eigenvalue weighted by Gasteiger charge is -2.30. The van der Waals surface area contributed by atoms with Crippen LogP contribution in [0.5, 0.6) is 0 Å². The monoisotopic (exact) mass is 437 g/mol. The number of fused-ring (bicyclic) bond motifs is 1. The number of benzene rings is 3. The quantitative estimate of drug-likeness (QED) is 0.568. The molecule has 1 aliphatic rings. The predicted octanol–water partition coefficient (Wildman–Crippen LogP) is 3.68. The standard InChI is InChI=1S/C24H27N3O3S/c1-16-7-3-4-8-18(16)24(28)26-22-11-12-23(20-10-6-5-9-19(20)22)31(29,30)27-21-13-14-25-15-17(21)2/h3-12,17,21,25,27H,13-15H2,1-2H3,(H,26,28)/t17-,21-/m0/s1. The van der Waals surface area contributed by atoms with Gasteiger partial charge in [0.05, 0.1) is 4.90 Å². The van der Waals surface area contributed by atoms with Crippen LogP contribution in [0, 0.1) is 12.8 Å². The Labute approximate surface area is 183 Å². The molecule has 0 bridgehead atoms. The van der Waals surface area contributed by atoms with Crippen LogP contribution in [0.2, 0.25) is 0 Å². The van der Waals surface area contributed by atoms with Gasteiger partial charge in [0.15, 0.2) is 0 Å². The number of rotatable bonds is 5. The first-order valence-electron chi connectivity index (χ1n) is 10.5. The van der Waals surface area contributed by atoms with Crippen molar-refractivity contribution in [3.05, 3.63) is 71.8 Å². The summed E-state index contributed by atoms with van der Waals surface area (Å²) in [6.45, 7) is 5.51. The Balaban J connectivity index is 1.68. The minimum atomic E-state index is -3.71. The fraction of sp³-hybridized carbons (Fsp3) is 0.292. The van der Waals surface area contributed by atoms with Crippen molar-refractivity contribution in [1.82, 2.24) is 10.0 Å². The number of carbonyl (C=O) groups is 1. The van der Waals surface area contributed by atoms with Crippen molar-refractivity contribution in [1.29, 1.82) is 0 Å². The minimum Gasteiger partial charge on any atom is -0.321 e. The molecule has 0 aliphatic carbocycles. The van der Waals surface area contributed by atoms with Gasteiger partial charge in [-0.3, -0.25) is 4.79 Å². The van der Waals surface area contributed by atoms with E-state index < -0.39 is 10.0 Å². The van der Waals surface area contributed by atoms with Gasteiger partial charge in [-0.05, 0) is 56.1 Å². The first kappa shape index (κ1) is 21.5. The van der Waals surface area contributed by atoms with Gasteiger partial charge in [-0.25, -0.2) is 13.1 Å². The van der Waals surface area contributed by atoms with Crippen LogP contribution < -0.4 is 15.4 Å². The van der Waals surface area contributed by atoms with Crippen LogP contribution in [0.4, 0.5) is 5.69 Å². The molecule has 3 aromatic carbocycles. The zero-order chi connectivity index (χ0) is 22.0. The van der Waals surface area contributed by atoms with Crippen molar-refractivity contribution in [2.75, 3.05) is 18.4 Å². The molecule has 1 aliphatic heterocycles. The van der Waals surface area contributed by atoms with E-state index in [2.05, 4.69) is 15.4 Å². The van der Waals surface area contributed by atoms with Gasteiger partial charge in [0.2, 0.25) is 10.0 Å². The summed E-state index contributed by atoms with van der Waals surface area (Å²) in [4.78, 5) is 13.0. The van der Waals surface area contributed by atoms with Gasteiger partial charge in [-0.2, -0.15) is 0 Å². The van der Waals surface area contributed by atoms with Crippen LogP contribution in [-0.2, 0) is 10.0 Å². The molecule has 2 atom stereocenters. The highest BCUT2D eigenvalue weighted by Crippen LogP contribution is 2.30. The molecule has 3 N–H and O–H groups in total. The van der Waals surface area contributed by atoms with Gasteiger partial charge < -0.3 is 10.6 Å². The number of hydrogen-bond donors (Lipinski definition) is 3. The van der Waals surface area contributed by atoms with E-state index in [1.807, 2.05) is 44.2 Å². The van der Waals surface area contributed by atoms with Crippen LogP contribution in [0.1, 0.15) is 29.3 Å². The van der Waals surface area contributed by atoms with Gasteiger partial charge in [0, 0.05) is 28.1 Å². The molecular formula is C24H27N3O3S. The molecule has 6 nitrogen and oxygen atoms in total. The first-order valence-corrected chi connectivity index (χ1v) is 12.0. The summed E-state index contributed by atoms with van der Waals surface area (Å²) < 4.78 is 29.4. The highest BCUT2D eigenvalue weighted by Gasteiger charge is 2.28. The van der Waals surface area contributed by atoms with E-state index in [1.54, 1.807) is 30.3 Å². The number of aryl methyl sites for hydroxylation is 1. The Morgan fingerprint density at radius 3 is 2.45 bits per heavy atom. The molecule has 1 heterocycles. The van der Waals surface area contributed by atoms with Crippen LogP contribution in [-0.4, -0.2) is 33.5 Å². The molecule has 3 aromatic rings. The topological polar surface area (TPSA) is 87.3 Å². The lowest BCUT2D eigenvalue weighted by atomic mass is 9.97. The molecule has 31 heavy (non-hydrogen) atoms. The second-order valence-electron chi connectivity index (χ2n) is 8.12. The van der Waals surface area contributed by atoms with E-state index in [0.29, 0.717) is 22.0 Å². The largest absolute Gasteiger partial charge is 0.321 e. The SMILES string of the molecule is Cc1ccccc1C(=O)Nc1ccc(S(=O)(=O)N[C@H]2CCNC[C@@H]2C)c2ccccc12. The van der Waals surface area contributed by atoms with E-state index in [4.69, 9.17) is 0 Å². The van der Waals surface area contributed by atoms with Crippen molar-refractivity contribution >= 4 is 32.4 Å². The number of piperidine rings is 1. The Hall–Kier alpha value is -2.74. The first-order chi connectivity index (χ1) is 14.9. The maximum Gasteiger partial charge on any atom is 0.255 e. The number of carbonyl (C=O) groups excluding carboxylic acids is 1. The van der Waals surface area contributed by atoms with Crippen molar-refractivity contribution in [2.24, 2.45) is 5.92 Å². The van der Waals surface area contributed by atoms with E-state index in [0.717, 1.165) is 25.1 Å². The number of hydrogen-bond acceptors (Lipinski definition) is 4. The highest BCUT2D eigenvalue weighted by molar-refractivity contribution is 7.89. The maximum atomic E-state index is 13.2. The summed E-state index contributed by atoms with van der Waals surface area (Å²) in [6, 6.07) is 17.8. The number of sulfonamides is 1. The lowest BCUT2D eigenvalue weighted by Crippen LogP contribution is -2.48. The van der Waals surface area contributed by atoms with Crippen LogP contribution in [0.15, 0.2) is 65.6 Å².